The van der Waals surface area contributed by atoms with Crippen molar-refractivity contribution in [3.05, 3.63) is 65.2 Å². The first-order valence-electron chi connectivity index (χ1n) is 18.1. The number of nitrogen functional groups attached to an aromatic ring is 1. The van der Waals surface area contributed by atoms with E-state index in [1.54, 1.807) is 7.11 Å². The number of aliphatic imine (C=N–C) groups is 1. The lowest BCUT2D eigenvalue weighted by Crippen LogP contribution is -2.57. The zero-order valence-corrected chi connectivity index (χ0v) is 29.4. The highest BCUT2D eigenvalue weighted by molar-refractivity contribution is 5.95. The second kappa shape index (κ2) is 19.5. The number of benzene rings is 2. The topological polar surface area (TPSA) is 211 Å². The average molecular weight is 689 g/mol. The van der Waals surface area contributed by atoms with Crippen LogP contribution < -0.4 is 37.9 Å². The lowest BCUT2D eigenvalue weighted by molar-refractivity contribution is -0.135. The van der Waals surface area contributed by atoms with Gasteiger partial charge in [-0.05, 0) is 80.0 Å². The molecule has 0 heterocycles. The maximum atomic E-state index is 14.3. The number of carbonyl (C=O) groups excluding carboxylic acids is 3. The summed E-state index contributed by atoms with van der Waals surface area (Å²) in [4.78, 5) is 46.1. The number of methoxy groups -OCH3 is 1. The van der Waals surface area contributed by atoms with Gasteiger partial charge in [0.25, 0.3) is 0 Å². The van der Waals surface area contributed by atoms with Gasteiger partial charge in [-0.15, -0.1) is 0 Å². The number of carbonyl (C=O) groups is 3. The van der Waals surface area contributed by atoms with Gasteiger partial charge in [0.1, 0.15) is 23.7 Å². The van der Waals surface area contributed by atoms with Gasteiger partial charge >= 0.3 is 0 Å². The second-order valence-electron chi connectivity index (χ2n) is 13.8. The third-order valence-electron chi connectivity index (χ3n) is 10.2. The van der Waals surface area contributed by atoms with Gasteiger partial charge in [-0.1, -0.05) is 74.9 Å². The monoisotopic (exact) mass is 688 g/mol. The number of rotatable bonds is 17. The number of amidine groups is 1. The molecule has 3 unspecified atom stereocenters. The van der Waals surface area contributed by atoms with Gasteiger partial charge in [0, 0.05) is 24.6 Å². The molecule has 0 bridgehead atoms. The molecule has 10 N–H and O–H groups in total. The molecule has 4 rings (SSSR count). The van der Waals surface area contributed by atoms with Crippen molar-refractivity contribution in [1.82, 2.24) is 16.0 Å². The first-order valence-corrected chi connectivity index (χ1v) is 18.1. The van der Waals surface area contributed by atoms with Crippen LogP contribution in [-0.4, -0.2) is 55.3 Å². The molecule has 2 aromatic rings. The Bertz CT molecular complexity index is 1430. The lowest BCUT2D eigenvalue weighted by Gasteiger charge is -2.34. The standard InChI is InChI=1S/C38H56N8O4/c1-50-30-20-16-26(17-21-30)24-44-36(48)32(13-8-22-43-38(41)42)45-37(49)33(28-11-6-3-7-12-28)46-35(47)31(27-9-4-2-5-10-27)23-25-14-18-29(19-15-25)34(39)40/h14-21,27-28,31-33H,2-13,22-24H2,1H3,(H3,39,40)(H,44,48)(H,45,49)(H,46,47)(H4,41,42,43). The molecule has 3 amide bonds. The first kappa shape index (κ1) is 38.2. The molecule has 12 heteroatoms. The van der Waals surface area contributed by atoms with Crippen molar-refractivity contribution in [2.75, 3.05) is 13.7 Å². The summed E-state index contributed by atoms with van der Waals surface area (Å²) in [5, 5.41) is 16.9. The van der Waals surface area contributed by atoms with Gasteiger partial charge in [-0.2, -0.15) is 0 Å². The van der Waals surface area contributed by atoms with E-state index in [-0.39, 0.29) is 53.8 Å². The Balaban J connectivity index is 1.52. The minimum absolute atomic E-state index is 0.00316. The number of hydrogen-bond acceptors (Lipinski definition) is 6. The largest absolute Gasteiger partial charge is 0.497 e. The fraction of sp³-hybridized carbons (Fsp3) is 0.553. The number of guanidine groups is 1. The number of amides is 3. The Labute approximate surface area is 296 Å². The average Bonchev–Trinajstić information content (AvgIpc) is 3.13. The van der Waals surface area contributed by atoms with Crippen LogP contribution in [0.4, 0.5) is 0 Å². The van der Waals surface area contributed by atoms with Crippen LogP contribution in [0.15, 0.2) is 53.5 Å². The van der Waals surface area contributed by atoms with E-state index in [0.717, 1.165) is 81.1 Å². The van der Waals surface area contributed by atoms with Crippen LogP contribution in [-0.2, 0) is 27.3 Å². The van der Waals surface area contributed by atoms with E-state index in [2.05, 4.69) is 20.9 Å². The molecule has 2 fully saturated rings. The highest BCUT2D eigenvalue weighted by Crippen LogP contribution is 2.33. The van der Waals surface area contributed by atoms with Crippen LogP contribution in [0.25, 0.3) is 0 Å². The Hall–Kier alpha value is -4.61. The number of ether oxygens (including phenoxy) is 1. The molecule has 12 nitrogen and oxygen atoms in total. The minimum atomic E-state index is -0.841. The molecule has 0 aliphatic heterocycles. The summed E-state index contributed by atoms with van der Waals surface area (Å²) in [5.41, 5.74) is 19.2. The molecule has 0 aromatic heterocycles. The third-order valence-corrected chi connectivity index (χ3v) is 10.2. The van der Waals surface area contributed by atoms with Gasteiger partial charge in [0.05, 0.1) is 7.11 Å². The highest BCUT2D eigenvalue weighted by Gasteiger charge is 2.37. The fourth-order valence-corrected chi connectivity index (χ4v) is 7.30. The molecule has 272 valence electrons. The van der Waals surface area contributed by atoms with Crippen molar-refractivity contribution >= 4 is 29.5 Å². The van der Waals surface area contributed by atoms with Crippen molar-refractivity contribution < 1.29 is 19.1 Å². The van der Waals surface area contributed by atoms with Gasteiger partial charge in [-0.25, -0.2) is 0 Å². The van der Waals surface area contributed by atoms with Crippen molar-refractivity contribution in [2.24, 2.45) is 39.9 Å². The maximum Gasteiger partial charge on any atom is 0.243 e. The summed E-state index contributed by atoms with van der Waals surface area (Å²) in [7, 11) is 1.60. The molecule has 0 saturated heterocycles. The van der Waals surface area contributed by atoms with Gasteiger partial charge in [-0.3, -0.25) is 24.8 Å². The second-order valence-corrected chi connectivity index (χ2v) is 13.8. The molecule has 50 heavy (non-hydrogen) atoms. The summed E-state index contributed by atoms with van der Waals surface area (Å²) in [6.45, 7) is 0.599. The molecule has 0 radical (unpaired) electrons. The molecular formula is C38H56N8O4. The predicted octanol–water partition coefficient (Wildman–Crippen LogP) is 3.64. The zero-order valence-electron chi connectivity index (χ0n) is 29.4. The molecule has 2 aliphatic carbocycles. The smallest absolute Gasteiger partial charge is 0.243 e. The summed E-state index contributed by atoms with van der Waals surface area (Å²) in [5.74, 6) is -0.214. The number of hydrogen-bond donors (Lipinski definition) is 7. The van der Waals surface area contributed by atoms with Crippen LogP contribution in [0.5, 0.6) is 5.75 Å². The van der Waals surface area contributed by atoms with Gasteiger partial charge in [0.2, 0.25) is 17.7 Å². The van der Waals surface area contributed by atoms with Crippen molar-refractivity contribution in [3.8, 4) is 5.75 Å². The fourth-order valence-electron chi connectivity index (χ4n) is 7.30. The zero-order chi connectivity index (χ0) is 35.9. The third kappa shape index (κ3) is 11.8. The molecule has 0 spiro atoms. The van der Waals surface area contributed by atoms with Crippen LogP contribution in [0.3, 0.4) is 0 Å². The summed E-state index contributed by atoms with van der Waals surface area (Å²) < 4.78 is 5.23. The van der Waals surface area contributed by atoms with Crippen molar-refractivity contribution in [3.63, 3.8) is 0 Å². The van der Waals surface area contributed by atoms with Crippen molar-refractivity contribution in [1.29, 1.82) is 5.41 Å². The highest BCUT2D eigenvalue weighted by atomic mass is 16.5. The summed E-state index contributed by atoms with van der Waals surface area (Å²) in [6.07, 6.45) is 11.3. The number of nitrogens with two attached hydrogens (primary N) is 3. The minimum Gasteiger partial charge on any atom is -0.497 e. The SMILES string of the molecule is COc1ccc(CNC(=O)C(CCCN=C(N)N)NC(=O)C(NC(=O)C(Cc2ccc(C(=N)N)cc2)C2CCCCC2)C2CCCCC2)cc1. The summed E-state index contributed by atoms with van der Waals surface area (Å²) >= 11 is 0. The molecule has 2 aliphatic rings. The predicted molar refractivity (Wildman–Crippen MR) is 196 cm³/mol. The Morgan fingerprint density at radius 3 is 1.98 bits per heavy atom. The van der Waals surface area contributed by atoms with E-state index in [0.29, 0.717) is 31.4 Å². The van der Waals surface area contributed by atoms with E-state index in [9.17, 15) is 14.4 Å². The van der Waals surface area contributed by atoms with E-state index in [1.807, 2.05) is 48.5 Å². The number of nitrogens with zero attached hydrogens (tertiary/aromatic N) is 1. The van der Waals surface area contributed by atoms with Crippen LogP contribution in [0.1, 0.15) is 93.7 Å². The van der Waals surface area contributed by atoms with Gasteiger partial charge in [0.15, 0.2) is 5.96 Å². The Morgan fingerprint density at radius 1 is 0.800 bits per heavy atom. The van der Waals surface area contributed by atoms with E-state index in [1.165, 1.54) is 0 Å². The normalized spacial score (nSPS) is 17.1. The molecule has 2 saturated carbocycles. The van der Waals surface area contributed by atoms with Crippen LogP contribution in [0, 0.1) is 23.2 Å². The van der Waals surface area contributed by atoms with Crippen LogP contribution in [0.2, 0.25) is 0 Å². The van der Waals surface area contributed by atoms with E-state index >= 15 is 0 Å². The maximum absolute atomic E-state index is 14.3. The van der Waals surface area contributed by atoms with Crippen LogP contribution >= 0.6 is 0 Å². The van der Waals surface area contributed by atoms with Gasteiger partial charge < -0.3 is 37.9 Å². The Morgan fingerprint density at radius 2 is 1.40 bits per heavy atom. The Kier molecular flexibility index (Phi) is 14.9. The molecule has 2 aromatic carbocycles. The van der Waals surface area contributed by atoms with E-state index < -0.39 is 12.1 Å². The molecular weight excluding hydrogens is 632 g/mol. The molecule has 3 atom stereocenters. The first-order chi connectivity index (χ1) is 24.1. The quantitative estimate of drug-likeness (QED) is 0.0744. The summed E-state index contributed by atoms with van der Waals surface area (Å²) in [6, 6.07) is 13.3. The lowest BCUT2D eigenvalue weighted by atomic mass is 9.76. The van der Waals surface area contributed by atoms with E-state index in [4.69, 9.17) is 27.3 Å². The number of nitrogens with one attached hydrogen (secondary N) is 4. The van der Waals surface area contributed by atoms with Crippen molar-refractivity contribution in [2.45, 2.75) is 102 Å².